The van der Waals surface area contributed by atoms with Crippen molar-refractivity contribution in [1.82, 2.24) is 0 Å². The van der Waals surface area contributed by atoms with Gasteiger partial charge in [0.05, 0.1) is 0 Å². The lowest BCUT2D eigenvalue weighted by Crippen LogP contribution is -2.52. The van der Waals surface area contributed by atoms with Crippen molar-refractivity contribution in [2.45, 2.75) is 5.79 Å². The van der Waals surface area contributed by atoms with Gasteiger partial charge in [0.15, 0.2) is 20.7 Å². The highest BCUT2D eigenvalue weighted by Gasteiger charge is 2.70. The Morgan fingerprint density at radius 2 is 1.36 bits per heavy atom. The molecule has 0 bridgehead atoms. The highest BCUT2D eigenvalue weighted by Crippen LogP contribution is 2.10. The molecule has 0 atom stereocenters. The molecule has 0 spiro atoms. The van der Waals surface area contributed by atoms with E-state index >= 15 is 0 Å². The minimum absolute atomic E-state index is 1.20. The summed E-state index contributed by atoms with van der Waals surface area (Å²) < 4.78 is 0. The Morgan fingerprint density at radius 3 is 1.57 bits per heavy atom. The first-order valence-corrected chi connectivity index (χ1v) is 2.80. The standard InChI is InChI=1S/C5HN3O6/c1-2-3-4-5(6(9)10,7(11)12)8(13)14/h1H. The summed E-state index contributed by atoms with van der Waals surface area (Å²) >= 11 is 0. The zero-order valence-corrected chi connectivity index (χ0v) is 6.37. The fraction of sp³-hybridized carbons (Fsp3) is 0.200. The normalized spacial score (nSPS) is 9.07. The van der Waals surface area contributed by atoms with Crippen LogP contribution in [0.4, 0.5) is 0 Å². The predicted octanol–water partition coefficient (Wildman–Crippen LogP) is -0.893. The first-order chi connectivity index (χ1) is 6.39. The molecule has 0 saturated heterocycles. The quantitative estimate of drug-likeness (QED) is 0.250. The van der Waals surface area contributed by atoms with E-state index in [1.165, 1.54) is 17.8 Å². The second kappa shape index (κ2) is 3.82. The lowest BCUT2D eigenvalue weighted by Gasteiger charge is -2.00. The smallest absolute Gasteiger partial charge is 0.252 e. The number of terminal acetylenes is 1. The number of hydrogen-bond acceptors (Lipinski definition) is 6. The van der Waals surface area contributed by atoms with Crippen LogP contribution in [0.1, 0.15) is 0 Å². The Bertz CT molecular complexity index is 360. The van der Waals surface area contributed by atoms with Crippen LogP contribution in [0.3, 0.4) is 0 Å². The van der Waals surface area contributed by atoms with Gasteiger partial charge in [-0.05, 0) is 5.92 Å². The van der Waals surface area contributed by atoms with Gasteiger partial charge in [-0.25, -0.2) is 0 Å². The predicted molar refractivity (Wildman–Crippen MR) is 40.3 cm³/mol. The topological polar surface area (TPSA) is 129 Å². The molecule has 0 N–H and O–H groups in total. The third-order valence-corrected chi connectivity index (χ3v) is 1.07. The van der Waals surface area contributed by atoms with E-state index in [1.807, 2.05) is 0 Å². The number of nitro groups is 3. The summed E-state index contributed by atoms with van der Waals surface area (Å²) in [5, 5.41) is 30.5. The third kappa shape index (κ3) is 1.56. The van der Waals surface area contributed by atoms with Crippen molar-refractivity contribution >= 4 is 0 Å². The van der Waals surface area contributed by atoms with Crippen molar-refractivity contribution in [3.63, 3.8) is 0 Å². The molecule has 0 aliphatic carbocycles. The zero-order chi connectivity index (χ0) is 11.4. The molecule has 14 heavy (non-hydrogen) atoms. The van der Waals surface area contributed by atoms with Crippen molar-refractivity contribution in [1.29, 1.82) is 0 Å². The maximum Gasteiger partial charge on any atom is 0.768 e. The van der Waals surface area contributed by atoms with E-state index in [9.17, 15) is 30.3 Å². The molecule has 0 saturated carbocycles. The van der Waals surface area contributed by atoms with Gasteiger partial charge < -0.3 is 0 Å². The minimum atomic E-state index is -3.79. The van der Waals surface area contributed by atoms with Gasteiger partial charge >= 0.3 is 5.79 Å². The van der Waals surface area contributed by atoms with Crippen LogP contribution in [-0.4, -0.2) is 20.6 Å². The lowest BCUT2D eigenvalue weighted by atomic mass is 10.4. The van der Waals surface area contributed by atoms with Crippen molar-refractivity contribution in [3.05, 3.63) is 30.3 Å². The van der Waals surface area contributed by atoms with E-state index in [-0.39, 0.29) is 0 Å². The third-order valence-electron chi connectivity index (χ3n) is 1.07. The van der Waals surface area contributed by atoms with Crippen LogP contribution in [-0.2, 0) is 0 Å². The van der Waals surface area contributed by atoms with Gasteiger partial charge in [0.25, 0.3) is 0 Å². The Hall–Kier alpha value is -2.68. The van der Waals surface area contributed by atoms with Crippen LogP contribution < -0.4 is 0 Å². The SMILES string of the molecule is C#CC#CC([N+](=O)[O-])([N+](=O)[O-])[N+](=O)[O-]. The average Bonchev–Trinajstić information content (AvgIpc) is 2.03. The van der Waals surface area contributed by atoms with Gasteiger partial charge in [-0.15, -0.1) is 6.42 Å². The summed E-state index contributed by atoms with van der Waals surface area (Å²) in [6, 6.07) is 0. The summed E-state index contributed by atoms with van der Waals surface area (Å²) in [5.41, 5.74) is 0. The van der Waals surface area contributed by atoms with Gasteiger partial charge in [-0.2, -0.15) is 0 Å². The van der Waals surface area contributed by atoms with Crippen molar-refractivity contribution < 1.29 is 14.8 Å². The zero-order valence-electron chi connectivity index (χ0n) is 6.37. The highest BCUT2D eigenvalue weighted by atomic mass is 16.7. The summed E-state index contributed by atoms with van der Waals surface area (Å²) in [4.78, 5) is 25.3. The molecule has 0 aliphatic heterocycles. The fourth-order valence-corrected chi connectivity index (χ4v) is 0.457. The van der Waals surface area contributed by atoms with Gasteiger partial charge in [0.2, 0.25) is 0 Å². The molecule has 0 rings (SSSR count). The van der Waals surface area contributed by atoms with Crippen molar-refractivity contribution in [2.75, 3.05) is 0 Å². The fourth-order valence-electron chi connectivity index (χ4n) is 0.457. The van der Waals surface area contributed by atoms with Gasteiger partial charge in [0, 0.05) is 5.92 Å². The van der Waals surface area contributed by atoms with Crippen LogP contribution in [0.2, 0.25) is 0 Å². The molecule has 0 unspecified atom stereocenters. The van der Waals surface area contributed by atoms with Gasteiger partial charge in [0.1, 0.15) is 0 Å². The van der Waals surface area contributed by atoms with Crippen LogP contribution >= 0.6 is 0 Å². The lowest BCUT2D eigenvalue weighted by molar-refractivity contribution is -0.950. The van der Waals surface area contributed by atoms with Crippen LogP contribution in [0.25, 0.3) is 0 Å². The molecule has 0 amide bonds. The molecule has 0 aromatic carbocycles. The van der Waals surface area contributed by atoms with Gasteiger partial charge in [-0.1, -0.05) is 0 Å². The maximum absolute atomic E-state index is 10.2. The van der Waals surface area contributed by atoms with Crippen molar-refractivity contribution in [3.8, 4) is 24.2 Å². The maximum atomic E-state index is 10.2. The molecule has 0 fully saturated rings. The monoisotopic (exact) mass is 199 g/mol. The summed E-state index contributed by atoms with van der Waals surface area (Å²) in [5.74, 6) is 0.412. The molecular weight excluding hydrogens is 198 g/mol. The molecule has 0 radical (unpaired) electrons. The molecular formula is C5HN3O6. The summed E-state index contributed by atoms with van der Waals surface area (Å²) in [6.07, 6.45) is 4.54. The van der Waals surface area contributed by atoms with E-state index < -0.39 is 20.6 Å². The number of nitrogens with zero attached hydrogens (tertiary/aromatic N) is 3. The molecule has 9 heteroatoms. The molecule has 72 valence electrons. The van der Waals surface area contributed by atoms with E-state index in [1.54, 1.807) is 0 Å². The Kier molecular flexibility index (Phi) is 3.09. The van der Waals surface area contributed by atoms with Crippen LogP contribution in [0.5, 0.6) is 0 Å². The summed E-state index contributed by atoms with van der Waals surface area (Å²) in [6.45, 7) is 0. The molecule has 0 aromatic heterocycles. The second-order valence-corrected chi connectivity index (χ2v) is 1.80. The first kappa shape index (κ1) is 11.3. The molecule has 9 nitrogen and oxygen atoms in total. The van der Waals surface area contributed by atoms with Crippen LogP contribution in [0, 0.1) is 54.5 Å². The molecule has 0 heterocycles. The largest absolute Gasteiger partial charge is 0.768 e. The minimum Gasteiger partial charge on any atom is -0.252 e. The Labute approximate surface area is 76.2 Å². The number of hydrogen-bond donors (Lipinski definition) is 0. The summed E-state index contributed by atoms with van der Waals surface area (Å²) in [7, 11) is 0. The second-order valence-electron chi connectivity index (χ2n) is 1.80. The molecule has 0 aliphatic rings. The highest BCUT2D eigenvalue weighted by molar-refractivity contribution is 5.23. The molecule has 0 aromatic rings. The average molecular weight is 199 g/mol. The number of rotatable bonds is 3. The van der Waals surface area contributed by atoms with E-state index in [0.717, 1.165) is 0 Å². The Balaban J connectivity index is 5.66. The van der Waals surface area contributed by atoms with Crippen molar-refractivity contribution in [2.24, 2.45) is 0 Å². The van der Waals surface area contributed by atoms with E-state index in [2.05, 4.69) is 6.42 Å². The van der Waals surface area contributed by atoms with E-state index in [0.29, 0.717) is 0 Å². The van der Waals surface area contributed by atoms with Crippen LogP contribution in [0.15, 0.2) is 0 Å². The van der Waals surface area contributed by atoms with E-state index in [4.69, 9.17) is 0 Å². The first-order valence-electron chi connectivity index (χ1n) is 2.80. The Morgan fingerprint density at radius 1 is 1.00 bits per heavy atom. The van der Waals surface area contributed by atoms with Gasteiger partial charge in [-0.3, -0.25) is 30.3 Å².